The largest absolute Gasteiger partial charge is 0.481 e. The first kappa shape index (κ1) is 17.7. The zero-order valence-electron chi connectivity index (χ0n) is 13.8. The highest BCUT2D eigenvalue weighted by Gasteiger charge is 2.28. The van der Waals surface area contributed by atoms with E-state index in [0.29, 0.717) is 18.8 Å². The van der Waals surface area contributed by atoms with Gasteiger partial charge in [0.1, 0.15) is 5.75 Å². The van der Waals surface area contributed by atoms with E-state index in [1.165, 1.54) is 0 Å². The van der Waals surface area contributed by atoms with Crippen LogP contribution in [0.5, 0.6) is 5.75 Å². The van der Waals surface area contributed by atoms with Gasteiger partial charge in [-0.2, -0.15) is 0 Å². The Morgan fingerprint density at radius 1 is 1.35 bits per heavy atom. The fraction of sp³-hybridized carbons (Fsp3) is 0.562. The van der Waals surface area contributed by atoms with Gasteiger partial charge in [0.2, 0.25) is 10.0 Å². The number of hydrogen-bond acceptors (Lipinski definition) is 4. The Morgan fingerprint density at radius 2 is 2.00 bits per heavy atom. The number of sulfonamides is 1. The summed E-state index contributed by atoms with van der Waals surface area (Å²) in [6.07, 6.45) is 2.05. The van der Waals surface area contributed by atoms with Gasteiger partial charge in [-0.15, -0.1) is 0 Å². The summed E-state index contributed by atoms with van der Waals surface area (Å²) in [4.78, 5) is 14.2. The van der Waals surface area contributed by atoms with Crippen LogP contribution < -0.4 is 9.46 Å². The molecule has 0 aromatic heterocycles. The van der Waals surface area contributed by atoms with Gasteiger partial charge >= 0.3 is 0 Å². The molecule has 1 amide bonds. The molecule has 1 aromatic carbocycles. The normalized spacial score (nSPS) is 20.1. The van der Waals surface area contributed by atoms with Crippen molar-refractivity contribution >= 4 is 15.9 Å². The molecule has 1 aromatic rings. The van der Waals surface area contributed by atoms with Crippen LogP contribution >= 0.6 is 0 Å². The van der Waals surface area contributed by atoms with E-state index in [1.54, 1.807) is 11.8 Å². The Labute approximate surface area is 137 Å². The van der Waals surface area contributed by atoms with E-state index in [1.807, 2.05) is 31.2 Å². The van der Waals surface area contributed by atoms with E-state index >= 15 is 0 Å². The molecule has 0 saturated carbocycles. The average molecular weight is 340 g/mol. The van der Waals surface area contributed by atoms with Crippen molar-refractivity contribution in [2.24, 2.45) is 0 Å². The molecule has 1 saturated heterocycles. The number of amides is 1. The van der Waals surface area contributed by atoms with Gasteiger partial charge in [0.15, 0.2) is 6.10 Å². The lowest BCUT2D eigenvalue weighted by Crippen LogP contribution is -2.52. The molecule has 1 fully saturated rings. The zero-order chi connectivity index (χ0) is 17.0. The van der Waals surface area contributed by atoms with Crippen LogP contribution in [0.15, 0.2) is 24.3 Å². The molecule has 23 heavy (non-hydrogen) atoms. The summed E-state index contributed by atoms with van der Waals surface area (Å²) in [5, 5.41) is 0. The third-order valence-corrected chi connectivity index (χ3v) is 4.56. The first-order chi connectivity index (χ1) is 10.7. The number of piperidine rings is 1. The van der Waals surface area contributed by atoms with Crippen molar-refractivity contribution in [3.8, 4) is 5.75 Å². The number of hydrogen-bond donors (Lipinski definition) is 1. The van der Waals surface area contributed by atoms with Crippen LogP contribution in [0, 0.1) is 6.92 Å². The third-order valence-electron chi connectivity index (χ3n) is 3.80. The Morgan fingerprint density at radius 3 is 2.61 bits per heavy atom. The Kier molecular flexibility index (Phi) is 5.64. The minimum absolute atomic E-state index is 0.120. The minimum Gasteiger partial charge on any atom is -0.481 e. The maximum atomic E-state index is 12.5. The second-order valence-corrected chi connectivity index (χ2v) is 7.87. The third kappa shape index (κ3) is 5.51. The number of likely N-dealkylation sites (tertiary alicyclic amines) is 1. The predicted octanol–water partition coefficient (Wildman–Crippen LogP) is 1.30. The molecule has 1 heterocycles. The molecular formula is C16H24N2O4S. The molecular weight excluding hydrogens is 316 g/mol. The maximum absolute atomic E-state index is 12.5. The second-order valence-electron chi connectivity index (χ2n) is 6.09. The SMILES string of the molecule is Cc1ccc(O[C@@H](C)C(=O)N2CCC[C@H](NS(C)(=O)=O)C2)cc1. The molecule has 0 spiro atoms. The fourth-order valence-corrected chi connectivity index (χ4v) is 3.50. The van der Waals surface area contributed by atoms with Gasteiger partial charge in [-0.05, 0) is 38.8 Å². The first-order valence-corrected chi connectivity index (χ1v) is 9.63. The predicted molar refractivity (Wildman–Crippen MR) is 88.9 cm³/mol. The van der Waals surface area contributed by atoms with Crippen molar-refractivity contribution in [2.75, 3.05) is 19.3 Å². The molecule has 0 aliphatic carbocycles. The molecule has 2 atom stereocenters. The van der Waals surface area contributed by atoms with Gasteiger partial charge in [-0.1, -0.05) is 17.7 Å². The quantitative estimate of drug-likeness (QED) is 0.877. The highest BCUT2D eigenvalue weighted by atomic mass is 32.2. The molecule has 0 unspecified atom stereocenters. The number of benzene rings is 1. The maximum Gasteiger partial charge on any atom is 0.263 e. The highest BCUT2D eigenvalue weighted by molar-refractivity contribution is 7.88. The molecule has 0 radical (unpaired) electrons. The summed E-state index contributed by atoms with van der Waals surface area (Å²) in [5.41, 5.74) is 1.13. The topological polar surface area (TPSA) is 75.7 Å². The summed E-state index contributed by atoms with van der Waals surface area (Å²) in [7, 11) is -3.26. The lowest BCUT2D eigenvalue weighted by atomic mass is 10.1. The summed E-state index contributed by atoms with van der Waals surface area (Å²) in [6, 6.07) is 7.31. The van der Waals surface area contributed by atoms with Crippen LogP contribution in [0.2, 0.25) is 0 Å². The first-order valence-electron chi connectivity index (χ1n) is 7.74. The van der Waals surface area contributed by atoms with Gasteiger partial charge in [0.25, 0.3) is 5.91 Å². The molecule has 0 bridgehead atoms. The van der Waals surface area contributed by atoms with Crippen LogP contribution in [-0.2, 0) is 14.8 Å². The molecule has 2 rings (SSSR count). The van der Waals surface area contributed by atoms with Gasteiger partial charge < -0.3 is 9.64 Å². The van der Waals surface area contributed by atoms with Crippen LogP contribution in [0.25, 0.3) is 0 Å². The summed E-state index contributed by atoms with van der Waals surface area (Å²) in [6.45, 7) is 4.71. The molecule has 1 N–H and O–H groups in total. The Hall–Kier alpha value is -1.60. The zero-order valence-corrected chi connectivity index (χ0v) is 14.6. The van der Waals surface area contributed by atoms with Crippen molar-refractivity contribution < 1.29 is 17.9 Å². The number of nitrogens with zero attached hydrogens (tertiary/aromatic N) is 1. The van der Waals surface area contributed by atoms with E-state index in [4.69, 9.17) is 4.74 Å². The summed E-state index contributed by atoms with van der Waals surface area (Å²) >= 11 is 0. The minimum atomic E-state index is -3.26. The van der Waals surface area contributed by atoms with Crippen LogP contribution in [0.1, 0.15) is 25.3 Å². The fourth-order valence-electron chi connectivity index (χ4n) is 2.70. The smallest absolute Gasteiger partial charge is 0.263 e. The lowest BCUT2D eigenvalue weighted by molar-refractivity contribution is -0.139. The van der Waals surface area contributed by atoms with E-state index in [2.05, 4.69) is 4.72 Å². The van der Waals surface area contributed by atoms with Gasteiger partial charge in [-0.25, -0.2) is 13.1 Å². The average Bonchev–Trinajstić information content (AvgIpc) is 2.47. The second kappa shape index (κ2) is 7.31. The van der Waals surface area contributed by atoms with Gasteiger partial charge in [-0.3, -0.25) is 4.79 Å². The van der Waals surface area contributed by atoms with E-state index in [-0.39, 0.29) is 11.9 Å². The summed E-state index contributed by atoms with van der Waals surface area (Å²) < 4.78 is 30.9. The monoisotopic (exact) mass is 340 g/mol. The standard InChI is InChI=1S/C16H24N2O4S/c1-12-6-8-15(9-7-12)22-13(2)16(19)18-10-4-5-14(11-18)17-23(3,20)21/h6-9,13-14,17H,4-5,10-11H2,1-3H3/t13-,14-/m0/s1. The molecule has 128 valence electrons. The number of carbonyl (C=O) groups excluding carboxylic acids is 1. The van der Waals surface area contributed by atoms with Crippen LogP contribution in [-0.4, -0.2) is 50.7 Å². The van der Waals surface area contributed by atoms with Gasteiger partial charge in [0, 0.05) is 19.1 Å². The van der Waals surface area contributed by atoms with Crippen molar-refractivity contribution in [2.45, 2.75) is 38.8 Å². The number of carbonyl (C=O) groups is 1. The van der Waals surface area contributed by atoms with Gasteiger partial charge in [0.05, 0.1) is 6.26 Å². The number of nitrogens with one attached hydrogen (secondary N) is 1. The Bertz CT molecular complexity index is 643. The van der Waals surface area contributed by atoms with E-state index in [9.17, 15) is 13.2 Å². The van der Waals surface area contributed by atoms with Crippen molar-refractivity contribution in [3.63, 3.8) is 0 Å². The molecule has 1 aliphatic rings. The molecule has 6 nitrogen and oxygen atoms in total. The Balaban J connectivity index is 1.94. The van der Waals surface area contributed by atoms with E-state index in [0.717, 1.165) is 24.7 Å². The summed E-state index contributed by atoms with van der Waals surface area (Å²) in [5.74, 6) is 0.532. The molecule has 7 heteroatoms. The van der Waals surface area contributed by atoms with Crippen molar-refractivity contribution in [3.05, 3.63) is 29.8 Å². The number of ether oxygens (including phenoxy) is 1. The number of aryl methyl sites for hydroxylation is 1. The lowest BCUT2D eigenvalue weighted by Gasteiger charge is -2.34. The highest BCUT2D eigenvalue weighted by Crippen LogP contribution is 2.16. The molecule has 1 aliphatic heterocycles. The van der Waals surface area contributed by atoms with Crippen molar-refractivity contribution in [1.82, 2.24) is 9.62 Å². The van der Waals surface area contributed by atoms with Crippen molar-refractivity contribution in [1.29, 1.82) is 0 Å². The number of rotatable bonds is 5. The van der Waals surface area contributed by atoms with Crippen LogP contribution in [0.4, 0.5) is 0 Å². The van der Waals surface area contributed by atoms with Crippen LogP contribution in [0.3, 0.4) is 0 Å². The van der Waals surface area contributed by atoms with E-state index < -0.39 is 16.1 Å².